The summed E-state index contributed by atoms with van der Waals surface area (Å²) in [6.07, 6.45) is 0. The van der Waals surface area contributed by atoms with E-state index in [1.807, 2.05) is 72.5 Å². The van der Waals surface area contributed by atoms with Gasteiger partial charge >= 0.3 is 0 Å². The number of nitrogens with zero attached hydrogens (tertiary/aromatic N) is 1. The molecule has 0 aliphatic heterocycles. The maximum absolute atomic E-state index is 13.3. The Balaban J connectivity index is 2.07. The highest BCUT2D eigenvalue weighted by atomic mass is 35.5. The highest BCUT2D eigenvalue weighted by Gasteiger charge is 2.26. The van der Waals surface area contributed by atoms with E-state index >= 15 is 0 Å². The lowest BCUT2D eigenvalue weighted by Gasteiger charge is -2.32. The molecule has 26 heavy (non-hydrogen) atoms. The summed E-state index contributed by atoms with van der Waals surface area (Å²) in [6, 6.07) is 24.8. The van der Waals surface area contributed by atoms with Gasteiger partial charge in [-0.2, -0.15) is 0 Å². The minimum absolute atomic E-state index is 0.102. The van der Waals surface area contributed by atoms with Crippen molar-refractivity contribution < 1.29 is 4.79 Å². The van der Waals surface area contributed by atoms with Gasteiger partial charge in [0.15, 0.2) is 0 Å². The molecule has 0 aliphatic rings. The van der Waals surface area contributed by atoms with Gasteiger partial charge in [0.25, 0.3) is 5.91 Å². The lowest BCUT2D eigenvalue weighted by atomic mass is 9.96. The Bertz CT molecular complexity index is 821. The van der Waals surface area contributed by atoms with Crippen molar-refractivity contribution in [2.45, 2.75) is 13.0 Å². The van der Waals surface area contributed by atoms with Gasteiger partial charge in [-0.3, -0.25) is 4.79 Å². The van der Waals surface area contributed by atoms with Crippen LogP contribution in [-0.2, 0) is 0 Å². The second-order valence-electron chi connectivity index (χ2n) is 5.97. The van der Waals surface area contributed by atoms with Crippen LogP contribution in [0.5, 0.6) is 0 Å². The third-order valence-electron chi connectivity index (χ3n) is 4.25. The van der Waals surface area contributed by atoms with Gasteiger partial charge in [-0.25, -0.2) is 0 Å². The van der Waals surface area contributed by atoms with Gasteiger partial charge in [0.2, 0.25) is 0 Å². The number of hydrogen-bond acceptors (Lipinski definition) is 1. The number of halogens is 2. The van der Waals surface area contributed by atoms with Crippen LogP contribution >= 0.6 is 23.2 Å². The Morgan fingerprint density at radius 3 is 1.73 bits per heavy atom. The summed E-state index contributed by atoms with van der Waals surface area (Å²) >= 11 is 12.2. The van der Waals surface area contributed by atoms with Crippen molar-refractivity contribution >= 4 is 29.1 Å². The van der Waals surface area contributed by atoms with E-state index in [9.17, 15) is 4.79 Å². The zero-order valence-corrected chi connectivity index (χ0v) is 15.9. The van der Waals surface area contributed by atoms with E-state index in [4.69, 9.17) is 23.2 Å². The molecular weight excluding hydrogens is 365 g/mol. The lowest BCUT2D eigenvalue weighted by Crippen LogP contribution is -2.35. The standard InChI is InChI=1S/C22H19Cl2NO/c1-2-25(22(26)18-13-19(23)15-20(24)14-18)21(16-9-5-3-6-10-16)17-11-7-4-8-12-17/h3-15,21H,2H2,1H3. The Kier molecular flexibility index (Phi) is 5.97. The molecular formula is C22H19Cl2NO. The van der Waals surface area contributed by atoms with Gasteiger partial charge in [-0.05, 0) is 36.2 Å². The van der Waals surface area contributed by atoms with Crippen molar-refractivity contribution in [1.82, 2.24) is 4.90 Å². The number of benzene rings is 3. The van der Waals surface area contributed by atoms with Crippen LogP contribution in [0.1, 0.15) is 34.5 Å². The molecule has 0 atom stereocenters. The third kappa shape index (κ3) is 4.09. The van der Waals surface area contributed by atoms with Crippen LogP contribution in [0.3, 0.4) is 0 Å². The van der Waals surface area contributed by atoms with Crippen LogP contribution in [0, 0.1) is 0 Å². The fourth-order valence-corrected chi connectivity index (χ4v) is 3.64. The first-order valence-corrected chi connectivity index (χ1v) is 9.22. The highest BCUT2D eigenvalue weighted by Crippen LogP contribution is 2.30. The van der Waals surface area contributed by atoms with Gasteiger partial charge in [0.05, 0.1) is 6.04 Å². The first-order chi connectivity index (χ1) is 12.6. The zero-order chi connectivity index (χ0) is 18.5. The average molecular weight is 384 g/mol. The minimum Gasteiger partial charge on any atom is -0.328 e. The molecule has 0 aliphatic carbocycles. The molecule has 0 bridgehead atoms. The lowest BCUT2D eigenvalue weighted by molar-refractivity contribution is 0.0717. The molecule has 0 unspecified atom stereocenters. The molecule has 3 aromatic carbocycles. The van der Waals surface area contributed by atoms with Gasteiger partial charge < -0.3 is 4.90 Å². The van der Waals surface area contributed by atoms with Crippen LogP contribution in [0.4, 0.5) is 0 Å². The largest absolute Gasteiger partial charge is 0.328 e. The molecule has 3 aromatic rings. The smallest absolute Gasteiger partial charge is 0.254 e. The summed E-state index contributed by atoms with van der Waals surface area (Å²) in [5.74, 6) is -0.102. The number of hydrogen-bond donors (Lipinski definition) is 0. The quantitative estimate of drug-likeness (QED) is 0.510. The summed E-state index contributed by atoms with van der Waals surface area (Å²) < 4.78 is 0. The Hall–Kier alpha value is -2.29. The molecule has 0 aromatic heterocycles. The van der Waals surface area contributed by atoms with Crippen LogP contribution in [0.2, 0.25) is 10.0 Å². The summed E-state index contributed by atoms with van der Waals surface area (Å²) in [7, 11) is 0. The van der Waals surface area contributed by atoms with Crippen molar-refractivity contribution in [3.8, 4) is 0 Å². The topological polar surface area (TPSA) is 20.3 Å². The fraction of sp³-hybridized carbons (Fsp3) is 0.136. The number of amides is 1. The first kappa shape index (κ1) is 18.5. The maximum atomic E-state index is 13.3. The monoisotopic (exact) mass is 383 g/mol. The van der Waals surface area contributed by atoms with Crippen molar-refractivity contribution in [3.63, 3.8) is 0 Å². The molecule has 0 saturated carbocycles. The van der Waals surface area contributed by atoms with Crippen LogP contribution < -0.4 is 0 Å². The molecule has 0 fully saturated rings. The molecule has 0 spiro atoms. The van der Waals surface area contributed by atoms with Crippen LogP contribution in [0.15, 0.2) is 78.9 Å². The van der Waals surface area contributed by atoms with E-state index in [1.54, 1.807) is 18.2 Å². The molecule has 0 radical (unpaired) electrons. The van der Waals surface area contributed by atoms with E-state index in [-0.39, 0.29) is 11.9 Å². The second kappa shape index (κ2) is 8.39. The number of rotatable bonds is 5. The van der Waals surface area contributed by atoms with Crippen molar-refractivity contribution in [2.24, 2.45) is 0 Å². The molecule has 132 valence electrons. The van der Waals surface area contributed by atoms with E-state index < -0.39 is 0 Å². The summed E-state index contributed by atoms with van der Waals surface area (Å²) in [6.45, 7) is 2.53. The van der Waals surface area contributed by atoms with E-state index in [1.165, 1.54) is 0 Å². The zero-order valence-electron chi connectivity index (χ0n) is 14.4. The van der Waals surface area contributed by atoms with Gasteiger partial charge in [0, 0.05) is 22.2 Å². The van der Waals surface area contributed by atoms with E-state index in [2.05, 4.69) is 0 Å². The van der Waals surface area contributed by atoms with Crippen molar-refractivity contribution in [2.75, 3.05) is 6.54 Å². The summed E-state index contributed by atoms with van der Waals surface area (Å²) in [5.41, 5.74) is 2.60. The molecule has 1 amide bonds. The molecule has 0 heterocycles. The maximum Gasteiger partial charge on any atom is 0.254 e. The van der Waals surface area contributed by atoms with Crippen molar-refractivity contribution in [3.05, 3.63) is 106 Å². The third-order valence-corrected chi connectivity index (χ3v) is 4.69. The summed E-state index contributed by atoms with van der Waals surface area (Å²) in [5, 5.41) is 0.903. The Morgan fingerprint density at radius 2 is 1.31 bits per heavy atom. The van der Waals surface area contributed by atoms with Crippen LogP contribution in [0.25, 0.3) is 0 Å². The van der Waals surface area contributed by atoms with Gasteiger partial charge in [-0.15, -0.1) is 0 Å². The summed E-state index contributed by atoms with van der Waals surface area (Å²) in [4.78, 5) is 15.1. The molecule has 4 heteroatoms. The Morgan fingerprint density at radius 1 is 0.846 bits per heavy atom. The molecule has 3 rings (SSSR count). The minimum atomic E-state index is -0.187. The fourth-order valence-electron chi connectivity index (χ4n) is 3.11. The molecule has 0 saturated heterocycles. The van der Waals surface area contributed by atoms with Crippen molar-refractivity contribution in [1.29, 1.82) is 0 Å². The highest BCUT2D eigenvalue weighted by molar-refractivity contribution is 6.35. The van der Waals surface area contributed by atoms with E-state index in [0.717, 1.165) is 11.1 Å². The van der Waals surface area contributed by atoms with Gasteiger partial charge in [0.1, 0.15) is 0 Å². The number of carbonyl (C=O) groups is 1. The molecule has 2 nitrogen and oxygen atoms in total. The molecule has 0 N–H and O–H groups in total. The predicted molar refractivity (Wildman–Crippen MR) is 108 cm³/mol. The SMILES string of the molecule is CCN(C(=O)c1cc(Cl)cc(Cl)c1)C(c1ccccc1)c1ccccc1. The van der Waals surface area contributed by atoms with Gasteiger partial charge in [-0.1, -0.05) is 83.9 Å². The first-order valence-electron chi connectivity index (χ1n) is 8.47. The average Bonchev–Trinajstić information content (AvgIpc) is 2.66. The van der Waals surface area contributed by atoms with E-state index in [0.29, 0.717) is 22.2 Å². The number of carbonyl (C=O) groups excluding carboxylic acids is 1. The second-order valence-corrected chi connectivity index (χ2v) is 6.85. The Labute approximate surface area is 164 Å². The predicted octanol–water partition coefficient (Wildman–Crippen LogP) is 6.25. The normalized spacial score (nSPS) is 10.8. The van der Waals surface area contributed by atoms with Crippen LogP contribution in [-0.4, -0.2) is 17.4 Å².